The summed E-state index contributed by atoms with van der Waals surface area (Å²) in [4.78, 5) is 48.3. The highest BCUT2D eigenvalue weighted by Gasteiger charge is 2.44. The SMILES string of the molecule is C=CCn1c(=O)n([C@@H]2C[C@H](CCOC(=O)c3ccc(NN)nc3)[C@@H](O)[C@H]2O)c2nc(N)[nH]c(=O)c21. The highest BCUT2D eigenvalue weighted by molar-refractivity contribution is 5.89. The second-order valence-corrected chi connectivity index (χ2v) is 8.22. The normalized spacial score (nSPS) is 21.8. The number of rotatable bonds is 8. The molecule has 0 aromatic carbocycles. The molecule has 0 radical (unpaired) electrons. The van der Waals surface area contributed by atoms with Crippen LogP contribution in [0.15, 0.2) is 40.6 Å². The van der Waals surface area contributed by atoms with Crippen molar-refractivity contribution in [1.29, 1.82) is 0 Å². The maximum absolute atomic E-state index is 13.2. The third kappa shape index (κ3) is 4.41. The number of nitrogens with one attached hydrogen (secondary N) is 2. The van der Waals surface area contributed by atoms with E-state index in [4.69, 9.17) is 16.3 Å². The minimum Gasteiger partial charge on any atom is -0.462 e. The first kappa shape index (κ1) is 24.1. The largest absolute Gasteiger partial charge is 0.462 e. The Labute approximate surface area is 197 Å². The molecule has 8 N–H and O–H groups in total. The Hall–Kier alpha value is -4.01. The summed E-state index contributed by atoms with van der Waals surface area (Å²) in [5, 5.41) is 21.4. The number of aromatic nitrogens is 5. The molecule has 3 aromatic rings. The van der Waals surface area contributed by atoms with Crippen molar-refractivity contribution in [3.63, 3.8) is 0 Å². The molecule has 35 heavy (non-hydrogen) atoms. The van der Waals surface area contributed by atoms with Crippen molar-refractivity contribution >= 4 is 28.9 Å². The molecule has 0 saturated heterocycles. The number of nitrogens with two attached hydrogens (primary N) is 2. The Kier molecular flexibility index (Phi) is 6.68. The molecular formula is C21H26N8O6. The fourth-order valence-electron chi connectivity index (χ4n) is 4.43. The van der Waals surface area contributed by atoms with Crippen LogP contribution in [0.4, 0.5) is 11.8 Å². The number of esters is 1. The summed E-state index contributed by atoms with van der Waals surface area (Å²) in [5.41, 5.74) is 7.07. The van der Waals surface area contributed by atoms with Crippen LogP contribution >= 0.6 is 0 Å². The van der Waals surface area contributed by atoms with E-state index >= 15 is 0 Å². The zero-order valence-corrected chi connectivity index (χ0v) is 18.6. The first-order valence-corrected chi connectivity index (χ1v) is 10.8. The zero-order valence-electron chi connectivity index (χ0n) is 18.6. The summed E-state index contributed by atoms with van der Waals surface area (Å²) in [5.74, 6) is 4.35. The van der Waals surface area contributed by atoms with E-state index in [1.165, 1.54) is 33.5 Å². The maximum Gasteiger partial charge on any atom is 0.339 e. The van der Waals surface area contributed by atoms with E-state index in [1.807, 2.05) is 0 Å². The van der Waals surface area contributed by atoms with Gasteiger partial charge in [0.1, 0.15) is 11.9 Å². The molecule has 14 heteroatoms. The van der Waals surface area contributed by atoms with Crippen molar-refractivity contribution in [2.75, 3.05) is 17.8 Å². The fraction of sp³-hybridized carbons (Fsp3) is 0.381. The molecule has 1 fully saturated rings. The van der Waals surface area contributed by atoms with Gasteiger partial charge >= 0.3 is 11.7 Å². The average molecular weight is 486 g/mol. The number of carbonyl (C=O) groups is 1. The molecule has 1 saturated carbocycles. The van der Waals surface area contributed by atoms with Crippen LogP contribution in [0.5, 0.6) is 0 Å². The summed E-state index contributed by atoms with van der Waals surface area (Å²) in [7, 11) is 0. The standard InChI is InChI=1S/C21H26N8O6/c1-2-6-28-14-17(25-20(22)26-18(14)32)29(21(28)34)12-8-10(15(30)16(12)31)5-7-35-19(33)11-3-4-13(27-23)24-9-11/h2-4,9-10,12,15-16,30-31H,1,5-8,23H2,(H,24,27)(H3,22,25,26,32)/t10-,12+,15+,16-/m0/s1. The number of anilines is 2. The first-order valence-electron chi connectivity index (χ1n) is 10.8. The number of aromatic amines is 1. The van der Waals surface area contributed by atoms with E-state index in [-0.39, 0.29) is 48.7 Å². The van der Waals surface area contributed by atoms with Gasteiger partial charge in [-0.25, -0.2) is 20.4 Å². The predicted octanol–water partition coefficient (Wildman–Crippen LogP) is -1.13. The van der Waals surface area contributed by atoms with Gasteiger partial charge in [0.15, 0.2) is 11.2 Å². The van der Waals surface area contributed by atoms with Crippen molar-refractivity contribution in [1.82, 2.24) is 24.1 Å². The number of aliphatic hydroxyl groups is 2. The summed E-state index contributed by atoms with van der Waals surface area (Å²) < 4.78 is 7.63. The second kappa shape index (κ2) is 9.69. The van der Waals surface area contributed by atoms with Crippen molar-refractivity contribution in [3.8, 4) is 0 Å². The lowest BCUT2D eigenvalue weighted by molar-refractivity contribution is -0.0000725. The molecule has 3 heterocycles. The number of fused-ring (bicyclic) bond motifs is 1. The molecule has 1 aliphatic carbocycles. The van der Waals surface area contributed by atoms with Crippen LogP contribution in [0.3, 0.4) is 0 Å². The van der Waals surface area contributed by atoms with Crippen LogP contribution in [-0.4, -0.2) is 59.1 Å². The van der Waals surface area contributed by atoms with E-state index in [1.54, 1.807) is 0 Å². The molecule has 0 spiro atoms. The van der Waals surface area contributed by atoms with Crippen LogP contribution in [0.1, 0.15) is 29.2 Å². The number of aliphatic hydroxyl groups excluding tert-OH is 2. The number of nitrogens with zero attached hydrogens (tertiary/aromatic N) is 4. The van der Waals surface area contributed by atoms with Crippen LogP contribution in [-0.2, 0) is 11.3 Å². The monoisotopic (exact) mass is 486 g/mol. The Morgan fingerprint density at radius 1 is 1.34 bits per heavy atom. The number of carbonyl (C=O) groups excluding carboxylic acids is 1. The third-order valence-corrected chi connectivity index (χ3v) is 6.11. The highest BCUT2D eigenvalue weighted by Crippen LogP contribution is 2.37. The van der Waals surface area contributed by atoms with Gasteiger partial charge in [-0.15, -0.1) is 6.58 Å². The third-order valence-electron chi connectivity index (χ3n) is 6.11. The van der Waals surface area contributed by atoms with Crippen molar-refractivity contribution in [2.24, 2.45) is 11.8 Å². The molecule has 14 nitrogen and oxygen atoms in total. The number of pyridine rings is 1. The van der Waals surface area contributed by atoms with Crippen molar-refractivity contribution < 1.29 is 19.7 Å². The quantitative estimate of drug-likeness (QED) is 0.0968. The van der Waals surface area contributed by atoms with Gasteiger partial charge in [0.2, 0.25) is 5.95 Å². The lowest BCUT2D eigenvalue weighted by atomic mass is 10.0. The maximum atomic E-state index is 13.2. The smallest absolute Gasteiger partial charge is 0.339 e. The van der Waals surface area contributed by atoms with Gasteiger partial charge in [-0.3, -0.25) is 18.9 Å². The predicted molar refractivity (Wildman–Crippen MR) is 125 cm³/mol. The lowest BCUT2D eigenvalue weighted by Gasteiger charge is -2.18. The van der Waals surface area contributed by atoms with E-state index < -0.39 is 41.4 Å². The average Bonchev–Trinajstić information content (AvgIpc) is 3.26. The van der Waals surface area contributed by atoms with Gasteiger partial charge in [0, 0.05) is 12.7 Å². The Morgan fingerprint density at radius 3 is 2.77 bits per heavy atom. The van der Waals surface area contributed by atoms with Crippen molar-refractivity contribution in [2.45, 2.75) is 37.6 Å². The number of hydrogen-bond donors (Lipinski definition) is 6. The molecule has 0 unspecified atom stereocenters. The summed E-state index contributed by atoms with van der Waals surface area (Å²) in [6, 6.07) is 2.14. The Bertz CT molecular complexity index is 1360. The van der Waals surface area contributed by atoms with Gasteiger partial charge in [0.05, 0.1) is 24.3 Å². The zero-order chi connectivity index (χ0) is 25.3. The van der Waals surface area contributed by atoms with E-state index in [9.17, 15) is 24.6 Å². The lowest BCUT2D eigenvalue weighted by Crippen LogP contribution is -2.35. The molecule has 0 aliphatic heterocycles. The number of H-pyrrole nitrogens is 1. The summed E-state index contributed by atoms with van der Waals surface area (Å²) in [6.07, 6.45) is 0.659. The Balaban J connectivity index is 1.53. The number of hydrazine groups is 1. The molecule has 186 valence electrons. The molecule has 0 bridgehead atoms. The fourth-order valence-corrected chi connectivity index (χ4v) is 4.43. The van der Waals surface area contributed by atoms with Crippen LogP contribution in [0.2, 0.25) is 0 Å². The topological polar surface area (TPSA) is 216 Å². The van der Waals surface area contributed by atoms with Gasteiger partial charge < -0.3 is 26.1 Å². The molecule has 3 aromatic heterocycles. The Morgan fingerprint density at radius 2 is 2.11 bits per heavy atom. The molecular weight excluding hydrogens is 460 g/mol. The number of imidazole rings is 1. The van der Waals surface area contributed by atoms with E-state index in [2.05, 4.69) is 27.0 Å². The summed E-state index contributed by atoms with van der Waals surface area (Å²) >= 11 is 0. The molecule has 4 rings (SSSR count). The van der Waals surface area contributed by atoms with Gasteiger partial charge in [0.25, 0.3) is 5.56 Å². The molecule has 1 aliphatic rings. The second-order valence-electron chi connectivity index (χ2n) is 8.22. The minimum atomic E-state index is -1.32. The van der Waals surface area contributed by atoms with E-state index in [0.717, 1.165) is 0 Å². The van der Waals surface area contributed by atoms with Gasteiger partial charge in [-0.1, -0.05) is 6.08 Å². The minimum absolute atomic E-state index is 0.00402. The number of allylic oxidation sites excluding steroid dienone is 1. The number of ether oxygens (including phenoxy) is 1. The highest BCUT2D eigenvalue weighted by atomic mass is 16.5. The van der Waals surface area contributed by atoms with Crippen LogP contribution in [0, 0.1) is 5.92 Å². The molecule has 0 amide bonds. The molecule has 4 atom stereocenters. The number of nitrogen functional groups attached to an aromatic ring is 2. The number of hydrogen-bond acceptors (Lipinski definition) is 11. The van der Waals surface area contributed by atoms with Gasteiger partial charge in [-0.2, -0.15) is 4.98 Å². The van der Waals surface area contributed by atoms with Crippen LogP contribution in [0.25, 0.3) is 11.2 Å². The van der Waals surface area contributed by atoms with Gasteiger partial charge in [-0.05, 0) is 30.9 Å². The first-order chi connectivity index (χ1) is 16.8. The van der Waals surface area contributed by atoms with Crippen LogP contribution < -0.4 is 28.3 Å². The van der Waals surface area contributed by atoms with E-state index in [0.29, 0.717) is 5.82 Å². The van der Waals surface area contributed by atoms with Crippen molar-refractivity contribution in [3.05, 3.63) is 57.4 Å². The summed E-state index contributed by atoms with van der Waals surface area (Å²) in [6.45, 7) is 3.61.